The number of nitrogens with zero attached hydrogens (tertiary/aromatic N) is 1. The highest BCUT2D eigenvalue weighted by molar-refractivity contribution is 7.80. The van der Waals surface area contributed by atoms with E-state index in [4.69, 9.17) is 17.3 Å². The van der Waals surface area contributed by atoms with Crippen LogP contribution < -0.4 is 10.1 Å². The SMILES string of the molecule is CCN(CCO)C(=S)Nc1ccc(OC(F)(F)F)cc1. The van der Waals surface area contributed by atoms with Crippen molar-refractivity contribution in [3.05, 3.63) is 24.3 Å². The van der Waals surface area contributed by atoms with Crippen LogP contribution >= 0.6 is 12.2 Å². The third-order valence-corrected chi connectivity index (χ3v) is 2.74. The zero-order valence-electron chi connectivity index (χ0n) is 10.8. The van der Waals surface area contributed by atoms with E-state index in [9.17, 15) is 13.2 Å². The molecule has 112 valence electrons. The van der Waals surface area contributed by atoms with E-state index in [-0.39, 0.29) is 12.4 Å². The first-order valence-electron chi connectivity index (χ1n) is 5.88. The first-order valence-corrected chi connectivity index (χ1v) is 6.29. The Balaban J connectivity index is 2.63. The van der Waals surface area contributed by atoms with Crippen LogP contribution in [0.2, 0.25) is 0 Å². The fraction of sp³-hybridized carbons (Fsp3) is 0.417. The number of aliphatic hydroxyl groups is 1. The minimum atomic E-state index is -4.70. The molecule has 0 saturated carbocycles. The van der Waals surface area contributed by atoms with Crippen LogP contribution in [0, 0.1) is 0 Å². The number of hydrogen-bond donors (Lipinski definition) is 2. The predicted octanol–water partition coefficient (Wildman–Crippen LogP) is 2.60. The van der Waals surface area contributed by atoms with E-state index in [1.807, 2.05) is 6.92 Å². The van der Waals surface area contributed by atoms with Gasteiger partial charge in [-0.2, -0.15) is 0 Å². The molecule has 0 heterocycles. The van der Waals surface area contributed by atoms with Crippen molar-refractivity contribution in [2.75, 3.05) is 25.0 Å². The molecule has 0 radical (unpaired) electrons. The lowest BCUT2D eigenvalue weighted by Gasteiger charge is -2.23. The van der Waals surface area contributed by atoms with Gasteiger partial charge in [0.05, 0.1) is 6.61 Å². The Morgan fingerprint density at radius 3 is 2.40 bits per heavy atom. The molecular weight excluding hydrogens is 293 g/mol. The van der Waals surface area contributed by atoms with E-state index >= 15 is 0 Å². The molecule has 20 heavy (non-hydrogen) atoms. The molecule has 1 aromatic rings. The summed E-state index contributed by atoms with van der Waals surface area (Å²) in [7, 11) is 0. The van der Waals surface area contributed by atoms with E-state index in [2.05, 4.69) is 10.1 Å². The highest BCUT2D eigenvalue weighted by Gasteiger charge is 2.30. The quantitative estimate of drug-likeness (QED) is 0.819. The standard InChI is InChI=1S/C12H15F3N2O2S/c1-2-17(7-8-18)11(20)16-9-3-5-10(6-4-9)19-12(13,14)15/h3-6,18H,2,7-8H2,1H3,(H,16,20). The molecule has 0 atom stereocenters. The number of halogens is 3. The number of thiocarbonyl (C=S) groups is 1. The molecule has 8 heteroatoms. The minimum Gasteiger partial charge on any atom is -0.406 e. The highest BCUT2D eigenvalue weighted by atomic mass is 32.1. The maximum absolute atomic E-state index is 12.0. The van der Waals surface area contributed by atoms with Crippen LogP contribution in [0.1, 0.15) is 6.92 Å². The van der Waals surface area contributed by atoms with E-state index in [0.29, 0.717) is 23.9 Å². The van der Waals surface area contributed by atoms with Gasteiger partial charge in [-0.3, -0.25) is 0 Å². The Bertz CT molecular complexity index is 437. The van der Waals surface area contributed by atoms with E-state index < -0.39 is 6.36 Å². The average Bonchev–Trinajstić information content (AvgIpc) is 2.36. The van der Waals surface area contributed by atoms with Gasteiger partial charge in [0.15, 0.2) is 5.11 Å². The van der Waals surface area contributed by atoms with Crippen molar-refractivity contribution >= 4 is 23.0 Å². The Hall–Kier alpha value is -1.54. The summed E-state index contributed by atoms with van der Waals surface area (Å²) in [6, 6.07) is 5.25. The molecule has 0 amide bonds. The molecule has 0 aliphatic carbocycles. The van der Waals surface area contributed by atoms with Gasteiger partial charge in [-0.15, -0.1) is 13.2 Å². The summed E-state index contributed by atoms with van der Waals surface area (Å²) in [5.74, 6) is -0.295. The Labute approximate surface area is 120 Å². The van der Waals surface area contributed by atoms with Gasteiger partial charge in [-0.05, 0) is 43.4 Å². The molecule has 0 spiro atoms. The van der Waals surface area contributed by atoms with E-state index in [1.54, 1.807) is 4.90 Å². The number of benzene rings is 1. The number of ether oxygens (including phenoxy) is 1. The number of rotatable bonds is 5. The summed E-state index contributed by atoms with van der Waals surface area (Å²) < 4.78 is 39.8. The third-order valence-electron chi connectivity index (χ3n) is 2.38. The normalized spacial score (nSPS) is 11.1. The Morgan fingerprint density at radius 2 is 1.95 bits per heavy atom. The molecule has 2 N–H and O–H groups in total. The summed E-state index contributed by atoms with van der Waals surface area (Å²) in [6.45, 7) is 2.84. The predicted molar refractivity (Wildman–Crippen MR) is 73.7 cm³/mol. The van der Waals surface area contributed by atoms with Gasteiger partial charge >= 0.3 is 6.36 Å². The number of anilines is 1. The second-order valence-corrected chi connectivity index (χ2v) is 4.19. The molecule has 1 aromatic carbocycles. The van der Waals surface area contributed by atoms with Gasteiger partial charge in [0.2, 0.25) is 0 Å². The van der Waals surface area contributed by atoms with Crippen molar-refractivity contribution in [3.63, 3.8) is 0 Å². The number of alkyl halides is 3. The van der Waals surface area contributed by atoms with E-state index in [0.717, 1.165) is 0 Å². The molecule has 0 aromatic heterocycles. The highest BCUT2D eigenvalue weighted by Crippen LogP contribution is 2.24. The van der Waals surface area contributed by atoms with Crippen LogP contribution in [0.4, 0.5) is 18.9 Å². The molecule has 0 bridgehead atoms. The van der Waals surface area contributed by atoms with Crippen molar-refractivity contribution in [3.8, 4) is 5.75 Å². The number of aliphatic hydroxyl groups excluding tert-OH is 1. The largest absolute Gasteiger partial charge is 0.573 e. The van der Waals surface area contributed by atoms with Crippen LogP contribution in [0.5, 0.6) is 5.75 Å². The Morgan fingerprint density at radius 1 is 1.35 bits per heavy atom. The van der Waals surface area contributed by atoms with Crippen LogP contribution in [-0.4, -0.2) is 41.2 Å². The van der Waals surface area contributed by atoms with Crippen molar-refractivity contribution in [2.45, 2.75) is 13.3 Å². The van der Waals surface area contributed by atoms with Crippen LogP contribution in [-0.2, 0) is 0 Å². The Kier molecular flexibility index (Phi) is 6.03. The van der Waals surface area contributed by atoms with Gasteiger partial charge in [0.25, 0.3) is 0 Å². The lowest BCUT2D eigenvalue weighted by Crippen LogP contribution is -2.36. The van der Waals surface area contributed by atoms with Gasteiger partial charge in [-0.1, -0.05) is 0 Å². The molecule has 0 fully saturated rings. The molecule has 1 rings (SSSR count). The lowest BCUT2D eigenvalue weighted by atomic mass is 10.3. The second-order valence-electron chi connectivity index (χ2n) is 3.81. The molecule has 0 aliphatic heterocycles. The molecule has 4 nitrogen and oxygen atoms in total. The van der Waals surface area contributed by atoms with Crippen molar-refractivity contribution in [1.82, 2.24) is 4.90 Å². The van der Waals surface area contributed by atoms with Crippen LogP contribution in [0.25, 0.3) is 0 Å². The number of nitrogens with one attached hydrogen (secondary N) is 1. The van der Waals surface area contributed by atoms with Crippen LogP contribution in [0.3, 0.4) is 0 Å². The molecule has 0 saturated heterocycles. The first kappa shape index (κ1) is 16.5. The zero-order chi connectivity index (χ0) is 15.2. The van der Waals surface area contributed by atoms with Gasteiger partial charge in [-0.25, -0.2) is 0 Å². The first-order chi connectivity index (χ1) is 9.35. The van der Waals surface area contributed by atoms with E-state index in [1.165, 1.54) is 24.3 Å². The van der Waals surface area contributed by atoms with Gasteiger partial charge < -0.3 is 20.1 Å². The summed E-state index contributed by atoms with van der Waals surface area (Å²) in [5.41, 5.74) is 0.543. The fourth-order valence-corrected chi connectivity index (χ4v) is 1.80. The van der Waals surface area contributed by atoms with Crippen molar-refractivity contribution in [1.29, 1.82) is 0 Å². The zero-order valence-corrected chi connectivity index (χ0v) is 11.6. The number of likely N-dealkylation sites (N-methyl/N-ethyl adjacent to an activating group) is 1. The molecule has 0 aliphatic rings. The average molecular weight is 308 g/mol. The van der Waals surface area contributed by atoms with Gasteiger partial charge in [0, 0.05) is 18.8 Å². The lowest BCUT2D eigenvalue weighted by molar-refractivity contribution is -0.274. The van der Waals surface area contributed by atoms with Crippen molar-refractivity contribution in [2.24, 2.45) is 0 Å². The monoisotopic (exact) mass is 308 g/mol. The minimum absolute atomic E-state index is 0.0337. The third kappa shape index (κ3) is 5.62. The molecular formula is C12H15F3N2O2S. The van der Waals surface area contributed by atoms with Crippen molar-refractivity contribution < 1.29 is 23.0 Å². The van der Waals surface area contributed by atoms with Crippen LogP contribution in [0.15, 0.2) is 24.3 Å². The summed E-state index contributed by atoms with van der Waals surface area (Å²) in [5, 5.41) is 12.1. The fourth-order valence-electron chi connectivity index (χ4n) is 1.47. The summed E-state index contributed by atoms with van der Waals surface area (Å²) in [6.07, 6.45) is -4.70. The maximum Gasteiger partial charge on any atom is 0.573 e. The number of hydrogen-bond acceptors (Lipinski definition) is 3. The smallest absolute Gasteiger partial charge is 0.406 e. The topological polar surface area (TPSA) is 44.7 Å². The maximum atomic E-state index is 12.0. The summed E-state index contributed by atoms with van der Waals surface area (Å²) >= 11 is 5.14. The van der Waals surface area contributed by atoms with Gasteiger partial charge in [0.1, 0.15) is 5.75 Å². The second kappa shape index (κ2) is 7.30. The molecule has 0 unspecified atom stereocenters. The summed E-state index contributed by atoms with van der Waals surface area (Å²) in [4.78, 5) is 1.73.